The molecule has 31 heavy (non-hydrogen) atoms. The van der Waals surface area contributed by atoms with E-state index in [4.69, 9.17) is 0 Å². The Labute approximate surface area is 215 Å². The molecule has 2 unspecified atom stereocenters. The van der Waals surface area contributed by atoms with Crippen LogP contribution in [0.5, 0.6) is 0 Å². The Kier molecular flexibility index (Phi) is 13.2. The van der Waals surface area contributed by atoms with Crippen molar-refractivity contribution < 1.29 is 47.2 Å². The van der Waals surface area contributed by atoms with Crippen molar-refractivity contribution in [2.45, 2.75) is 81.9 Å². The van der Waals surface area contributed by atoms with Gasteiger partial charge in [-0.2, -0.15) is 0 Å². The third-order valence-corrected chi connectivity index (χ3v) is 15.2. The van der Waals surface area contributed by atoms with Gasteiger partial charge in [0.15, 0.2) is 0 Å². The number of rotatable bonds is 10. The molecule has 0 aromatic heterocycles. The predicted molar refractivity (Wildman–Crippen MR) is 128 cm³/mol. The van der Waals surface area contributed by atoms with Crippen molar-refractivity contribution in [3.05, 3.63) is 64.7 Å². The molecule has 0 aliphatic heterocycles. The molecule has 3 rings (SSSR count). The molecule has 167 valence electrons. The molecule has 0 fully saturated rings. The van der Waals surface area contributed by atoms with Crippen LogP contribution in [0, 0.1) is 0 Å². The summed E-state index contributed by atoms with van der Waals surface area (Å²) in [6.45, 7) is 12.0. The molecule has 0 heterocycles. The molecule has 0 amide bonds. The SMILES string of the molecule is CCCCCCC1=Cc2c(-c3ccc(C(C)CC)cc3)cccc2[CH]1[Zr+2][Si](C)C.[Cl-].[Cl-]. The summed E-state index contributed by atoms with van der Waals surface area (Å²) in [5, 5.41) is 0. The second kappa shape index (κ2) is 14.2. The predicted octanol–water partition coefficient (Wildman–Crippen LogP) is 2.62. The second-order valence-electron chi connectivity index (χ2n) is 8.85. The van der Waals surface area contributed by atoms with Crippen molar-refractivity contribution in [3.8, 4) is 11.1 Å². The van der Waals surface area contributed by atoms with Crippen molar-refractivity contribution in [3.63, 3.8) is 0 Å². The molecule has 2 aromatic rings. The average Bonchev–Trinajstić information content (AvgIpc) is 3.07. The van der Waals surface area contributed by atoms with Crippen molar-refractivity contribution >= 4 is 12.0 Å². The molecule has 1 aliphatic rings. The summed E-state index contributed by atoms with van der Waals surface area (Å²) in [6, 6.07) is 16.5. The molecule has 2 aromatic carbocycles. The maximum Gasteiger partial charge on any atom is -1.00 e. The van der Waals surface area contributed by atoms with Gasteiger partial charge in [0.25, 0.3) is 0 Å². The molecule has 0 spiro atoms. The molecule has 0 bridgehead atoms. The number of unbranched alkanes of at least 4 members (excludes halogenated alkanes) is 3. The molecule has 0 N–H and O–H groups in total. The van der Waals surface area contributed by atoms with Gasteiger partial charge >= 0.3 is 192 Å². The van der Waals surface area contributed by atoms with E-state index in [9.17, 15) is 0 Å². The number of hydrogen-bond acceptors (Lipinski definition) is 0. The van der Waals surface area contributed by atoms with E-state index in [1.54, 1.807) is 16.7 Å². The first-order chi connectivity index (χ1) is 14.0. The molecular weight excluding hydrogens is 515 g/mol. The Morgan fingerprint density at radius 1 is 0.935 bits per heavy atom. The summed E-state index contributed by atoms with van der Waals surface area (Å²) < 4.78 is 0.832. The third kappa shape index (κ3) is 7.43. The van der Waals surface area contributed by atoms with Crippen LogP contribution in [0.25, 0.3) is 17.2 Å². The molecule has 4 heteroatoms. The van der Waals surface area contributed by atoms with Gasteiger partial charge < -0.3 is 24.8 Å². The quantitative estimate of drug-likeness (QED) is 0.315. The summed E-state index contributed by atoms with van der Waals surface area (Å²) >= 11 is -0.375. The van der Waals surface area contributed by atoms with Gasteiger partial charge in [0.1, 0.15) is 0 Å². The number of benzene rings is 2. The Morgan fingerprint density at radius 2 is 1.65 bits per heavy atom. The van der Waals surface area contributed by atoms with Gasteiger partial charge in [0.2, 0.25) is 0 Å². The van der Waals surface area contributed by atoms with Gasteiger partial charge in [-0.25, -0.2) is 0 Å². The van der Waals surface area contributed by atoms with Gasteiger partial charge in [-0.1, -0.05) is 0 Å². The van der Waals surface area contributed by atoms with Gasteiger partial charge in [0, 0.05) is 0 Å². The molecule has 0 saturated carbocycles. The van der Waals surface area contributed by atoms with E-state index in [0.29, 0.717) is 5.92 Å². The van der Waals surface area contributed by atoms with E-state index >= 15 is 0 Å². The molecule has 1 aliphatic carbocycles. The van der Waals surface area contributed by atoms with Crippen LogP contribution in [-0.4, -0.2) is 5.92 Å². The minimum absolute atomic E-state index is 0. The van der Waals surface area contributed by atoms with E-state index < -0.39 is 0 Å². The first-order valence-corrected chi connectivity index (χ1v) is 19.2. The fraction of sp³-hybridized carbons (Fsp3) is 0.481. The van der Waals surface area contributed by atoms with E-state index in [-0.39, 0.29) is 53.1 Å². The molecule has 1 radical (unpaired) electrons. The summed E-state index contributed by atoms with van der Waals surface area (Å²) in [7, 11) is 0. The van der Waals surface area contributed by atoms with Crippen molar-refractivity contribution in [2.24, 2.45) is 0 Å². The largest absolute Gasteiger partial charge is 1.00 e. The van der Waals surface area contributed by atoms with E-state index in [1.165, 1.54) is 55.2 Å². The third-order valence-electron chi connectivity index (χ3n) is 6.31. The van der Waals surface area contributed by atoms with Crippen LogP contribution in [0.1, 0.15) is 85.5 Å². The first-order valence-electron chi connectivity index (χ1n) is 11.6. The maximum atomic E-state index is 2.61. The van der Waals surface area contributed by atoms with Crippen LogP contribution in [0.3, 0.4) is 0 Å². The first kappa shape index (κ1) is 28.9. The van der Waals surface area contributed by atoms with E-state index in [1.807, 2.05) is 0 Å². The van der Waals surface area contributed by atoms with Gasteiger partial charge in [-0.15, -0.1) is 0 Å². The minimum atomic E-state index is -0.375. The Hall–Kier alpha value is -0.140. The Balaban J connectivity index is 0.00000240. The van der Waals surface area contributed by atoms with Gasteiger partial charge in [-0.05, 0) is 0 Å². The Bertz CT molecular complexity index is 830. The number of hydrogen-bond donors (Lipinski definition) is 0. The minimum Gasteiger partial charge on any atom is -1.00 e. The van der Waals surface area contributed by atoms with Crippen LogP contribution in [0.2, 0.25) is 13.1 Å². The summed E-state index contributed by atoms with van der Waals surface area (Å²) in [5.41, 5.74) is 9.29. The van der Waals surface area contributed by atoms with E-state index in [0.717, 1.165) is 3.63 Å². The number of halogens is 2. The topological polar surface area (TPSA) is 0 Å². The van der Waals surface area contributed by atoms with Crippen LogP contribution in [-0.2, 0) is 22.4 Å². The van der Waals surface area contributed by atoms with Crippen LogP contribution >= 0.6 is 0 Å². The van der Waals surface area contributed by atoms with Crippen molar-refractivity contribution in [2.75, 3.05) is 0 Å². The van der Waals surface area contributed by atoms with Crippen LogP contribution < -0.4 is 24.8 Å². The maximum absolute atomic E-state index is 2.61. The van der Waals surface area contributed by atoms with Crippen molar-refractivity contribution in [1.82, 2.24) is 0 Å². The van der Waals surface area contributed by atoms with Crippen LogP contribution in [0.15, 0.2) is 48.0 Å². The van der Waals surface area contributed by atoms with E-state index in [2.05, 4.69) is 82.4 Å². The van der Waals surface area contributed by atoms with Crippen LogP contribution in [0.4, 0.5) is 0 Å². The smallest absolute Gasteiger partial charge is 1.00 e. The number of fused-ring (bicyclic) bond motifs is 1. The fourth-order valence-corrected chi connectivity index (χ4v) is 13.2. The zero-order valence-electron chi connectivity index (χ0n) is 19.8. The molecule has 0 nitrogen and oxygen atoms in total. The number of allylic oxidation sites excluding steroid dienone is 1. The normalized spacial score (nSPS) is 15.4. The molecule has 0 saturated heterocycles. The zero-order valence-corrected chi connectivity index (χ0v) is 24.7. The summed E-state index contributed by atoms with van der Waals surface area (Å²) in [4.78, 5) is 0. The zero-order chi connectivity index (χ0) is 20.8. The van der Waals surface area contributed by atoms with Crippen molar-refractivity contribution in [1.29, 1.82) is 0 Å². The monoisotopic (exact) mass is 549 g/mol. The van der Waals surface area contributed by atoms with Gasteiger partial charge in [-0.3, -0.25) is 0 Å². The molecular formula is C27H37Cl2SiZr. The summed E-state index contributed by atoms with van der Waals surface area (Å²) in [5.74, 6) is 0.553. The van der Waals surface area contributed by atoms with Gasteiger partial charge in [0.05, 0.1) is 0 Å². The fourth-order valence-electron chi connectivity index (χ4n) is 4.37. The molecule has 2 atom stereocenters. The Morgan fingerprint density at radius 3 is 2.26 bits per heavy atom. The second-order valence-corrected chi connectivity index (χ2v) is 22.1. The summed E-state index contributed by atoms with van der Waals surface area (Å²) in [6.07, 6.45) is 10.6. The average molecular weight is 552 g/mol. The standard InChI is InChI=1S/C25H31.C2H6Si.2ClH.Zr/c1-4-6-7-8-10-20-17-23-11-9-12-24(25(23)18-20)22-15-13-21(14-16-22)19(3)5-2;1-3-2;;;/h9,11-19H,4-8,10H2,1-3H3;1-2H3;2*1H;/q;;;;+2/p-2.